The smallest absolute Gasteiger partial charge is 0.399 e. The Morgan fingerprint density at radius 2 is 1.63 bits per heavy atom. The third-order valence-electron chi connectivity index (χ3n) is 5.10. The third kappa shape index (κ3) is 4.93. The fraction of sp³-hybridized carbons (Fsp3) is 0.929. The topological polar surface area (TPSA) is 200 Å². The second-order valence-corrected chi connectivity index (χ2v) is 7.98. The van der Waals surface area contributed by atoms with Crippen molar-refractivity contribution in [2.45, 2.75) is 63.4 Å². The molecular formula is C14H24O12S. The highest BCUT2D eigenvalue weighted by Crippen LogP contribution is 2.36. The molecule has 1 saturated heterocycles. The molecule has 0 amide bonds. The van der Waals surface area contributed by atoms with Crippen molar-refractivity contribution < 1.29 is 57.0 Å². The van der Waals surface area contributed by atoms with Crippen LogP contribution in [0.1, 0.15) is 20.3 Å². The fourth-order valence-electron chi connectivity index (χ4n) is 3.38. The molecule has 0 aromatic carbocycles. The zero-order valence-electron chi connectivity index (χ0n) is 14.5. The maximum Gasteiger partial charge on any atom is 0.399 e. The molecule has 0 radical (unpaired) electrons. The highest BCUT2D eigenvalue weighted by Gasteiger charge is 2.50. The summed E-state index contributed by atoms with van der Waals surface area (Å²) in [5.74, 6) is -4.27. The van der Waals surface area contributed by atoms with Crippen LogP contribution >= 0.6 is 0 Å². The van der Waals surface area contributed by atoms with Crippen LogP contribution in [0.2, 0.25) is 0 Å². The van der Waals surface area contributed by atoms with Crippen molar-refractivity contribution in [3.05, 3.63) is 0 Å². The normalized spacial score (nSPS) is 46.2. The van der Waals surface area contributed by atoms with E-state index in [0.717, 1.165) is 0 Å². The van der Waals surface area contributed by atoms with Gasteiger partial charge in [0, 0.05) is 11.8 Å². The number of ether oxygens (including phenoxy) is 2. The standard InChI is InChI=1S/C14H24O12S/c1-4-7(3-6(12(18)19)9(16)8(4)15)24-11-5(2)13(20)25-14(10(11)17)26-27(21,22)23/h4-11,13-17,20H,3H2,1-2H3,(H,18,19)(H,21,22,23). The van der Waals surface area contributed by atoms with Crippen molar-refractivity contribution in [3.8, 4) is 0 Å². The minimum Gasteiger partial charge on any atom is -0.481 e. The molecule has 13 heteroatoms. The van der Waals surface area contributed by atoms with Gasteiger partial charge >= 0.3 is 16.4 Å². The maximum atomic E-state index is 11.3. The van der Waals surface area contributed by atoms with E-state index in [2.05, 4.69) is 4.18 Å². The van der Waals surface area contributed by atoms with Gasteiger partial charge in [-0.05, 0) is 6.42 Å². The van der Waals surface area contributed by atoms with Gasteiger partial charge in [0.25, 0.3) is 0 Å². The summed E-state index contributed by atoms with van der Waals surface area (Å²) in [5, 5.41) is 49.4. The monoisotopic (exact) mass is 416 g/mol. The SMILES string of the molecule is CC1C(OC2C(C)C(O)OC(OS(=O)(=O)O)C2O)CC(C(=O)O)C(O)C1O. The molecule has 27 heavy (non-hydrogen) atoms. The Hall–Kier alpha value is -0.900. The summed E-state index contributed by atoms with van der Waals surface area (Å²) in [4.78, 5) is 11.3. The number of hydrogen-bond acceptors (Lipinski definition) is 10. The van der Waals surface area contributed by atoms with Gasteiger partial charge in [0.15, 0.2) is 6.29 Å². The highest BCUT2D eigenvalue weighted by atomic mass is 32.3. The van der Waals surface area contributed by atoms with Crippen LogP contribution in [-0.2, 0) is 28.9 Å². The number of carbonyl (C=O) groups is 1. The van der Waals surface area contributed by atoms with Gasteiger partial charge in [-0.15, -0.1) is 0 Å². The Morgan fingerprint density at radius 1 is 1.04 bits per heavy atom. The first kappa shape index (κ1) is 22.4. The molecule has 0 bridgehead atoms. The van der Waals surface area contributed by atoms with Crippen molar-refractivity contribution in [3.63, 3.8) is 0 Å². The minimum absolute atomic E-state index is 0.189. The predicted octanol–water partition coefficient (Wildman–Crippen LogP) is -2.31. The molecule has 1 aliphatic heterocycles. The van der Waals surface area contributed by atoms with Crippen molar-refractivity contribution in [1.82, 2.24) is 0 Å². The average molecular weight is 416 g/mol. The molecule has 158 valence electrons. The molecular weight excluding hydrogens is 392 g/mol. The number of aliphatic hydroxyl groups excluding tert-OH is 4. The number of aliphatic carboxylic acids is 1. The Balaban J connectivity index is 2.20. The van der Waals surface area contributed by atoms with Crippen LogP contribution in [0.4, 0.5) is 0 Å². The summed E-state index contributed by atoms with van der Waals surface area (Å²) in [6, 6.07) is 0. The van der Waals surface area contributed by atoms with E-state index in [9.17, 15) is 38.7 Å². The first-order valence-electron chi connectivity index (χ1n) is 8.25. The van der Waals surface area contributed by atoms with Gasteiger partial charge in [0.1, 0.15) is 6.10 Å². The highest BCUT2D eigenvalue weighted by molar-refractivity contribution is 7.80. The van der Waals surface area contributed by atoms with E-state index in [0.29, 0.717) is 0 Å². The van der Waals surface area contributed by atoms with E-state index < -0.39 is 77.2 Å². The first-order chi connectivity index (χ1) is 12.3. The third-order valence-corrected chi connectivity index (χ3v) is 5.53. The second-order valence-electron chi connectivity index (χ2n) is 6.93. The Kier molecular flexibility index (Phi) is 6.82. The lowest BCUT2D eigenvalue weighted by atomic mass is 9.76. The first-order valence-corrected chi connectivity index (χ1v) is 9.61. The molecule has 0 aromatic rings. The van der Waals surface area contributed by atoms with Crippen LogP contribution in [0.3, 0.4) is 0 Å². The van der Waals surface area contributed by atoms with Crippen LogP contribution in [0, 0.1) is 17.8 Å². The van der Waals surface area contributed by atoms with Crippen molar-refractivity contribution in [1.29, 1.82) is 0 Å². The van der Waals surface area contributed by atoms with Crippen LogP contribution < -0.4 is 0 Å². The molecule has 1 saturated carbocycles. The van der Waals surface area contributed by atoms with Crippen LogP contribution in [0.25, 0.3) is 0 Å². The number of carboxylic acids is 1. The van der Waals surface area contributed by atoms with E-state index >= 15 is 0 Å². The van der Waals surface area contributed by atoms with Crippen molar-refractivity contribution >= 4 is 16.4 Å². The van der Waals surface area contributed by atoms with E-state index in [1.807, 2.05) is 0 Å². The Morgan fingerprint density at radius 3 is 2.15 bits per heavy atom. The molecule has 1 heterocycles. The predicted molar refractivity (Wildman–Crippen MR) is 84.3 cm³/mol. The van der Waals surface area contributed by atoms with E-state index in [-0.39, 0.29) is 6.42 Å². The summed E-state index contributed by atoms with van der Waals surface area (Å²) < 4.78 is 45.2. The molecule has 0 aromatic heterocycles. The van der Waals surface area contributed by atoms with E-state index in [1.54, 1.807) is 0 Å². The quantitative estimate of drug-likeness (QED) is 0.262. The van der Waals surface area contributed by atoms with Crippen molar-refractivity contribution in [2.75, 3.05) is 0 Å². The molecule has 2 fully saturated rings. The van der Waals surface area contributed by atoms with Gasteiger partial charge in [-0.25, -0.2) is 4.18 Å². The number of rotatable bonds is 5. The van der Waals surface area contributed by atoms with Gasteiger partial charge in [-0.2, -0.15) is 8.42 Å². The molecule has 0 spiro atoms. The van der Waals surface area contributed by atoms with Gasteiger partial charge in [-0.1, -0.05) is 13.8 Å². The summed E-state index contributed by atoms with van der Waals surface area (Å²) in [5.41, 5.74) is 0. The second kappa shape index (κ2) is 8.23. The van der Waals surface area contributed by atoms with Gasteiger partial charge in [0.05, 0.1) is 30.3 Å². The zero-order valence-corrected chi connectivity index (χ0v) is 15.3. The molecule has 1 aliphatic carbocycles. The van der Waals surface area contributed by atoms with Crippen LogP contribution in [0.5, 0.6) is 0 Å². The number of carboxylic acid groups (broad SMARTS) is 1. The number of hydrogen-bond donors (Lipinski definition) is 6. The molecule has 12 nitrogen and oxygen atoms in total. The average Bonchev–Trinajstić information content (AvgIpc) is 2.54. The maximum absolute atomic E-state index is 11.3. The van der Waals surface area contributed by atoms with Gasteiger partial charge in [0.2, 0.25) is 6.29 Å². The summed E-state index contributed by atoms with van der Waals surface area (Å²) in [6.45, 7) is 2.94. The Labute approximate surface area is 155 Å². The lowest BCUT2D eigenvalue weighted by Gasteiger charge is -2.45. The molecule has 10 atom stereocenters. The van der Waals surface area contributed by atoms with E-state index in [4.69, 9.17) is 14.0 Å². The Bertz CT molecular complexity index is 638. The van der Waals surface area contributed by atoms with Gasteiger partial charge in [-0.3, -0.25) is 9.35 Å². The summed E-state index contributed by atoms with van der Waals surface area (Å²) in [6.07, 6.45) is -10.7. The molecule has 10 unspecified atom stereocenters. The van der Waals surface area contributed by atoms with Crippen molar-refractivity contribution in [2.24, 2.45) is 17.8 Å². The summed E-state index contributed by atoms with van der Waals surface area (Å²) in [7, 11) is -5.00. The molecule has 2 aliphatic rings. The zero-order chi connectivity index (χ0) is 20.7. The van der Waals surface area contributed by atoms with Crippen LogP contribution in [0.15, 0.2) is 0 Å². The van der Waals surface area contributed by atoms with Gasteiger partial charge < -0.3 is 35.0 Å². The minimum atomic E-state index is -5.00. The lowest BCUT2D eigenvalue weighted by molar-refractivity contribution is -0.322. The lowest BCUT2D eigenvalue weighted by Crippen LogP contribution is -2.59. The largest absolute Gasteiger partial charge is 0.481 e. The molecule has 6 N–H and O–H groups in total. The van der Waals surface area contributed by atoms with E-state index in [1.165, 1.54) is 13.8 Å². The number of aliphatic hydroxyl groups is 4. The van der Waals surface area contributed by atoms with Crippen LogP contribution in [-0.4, -0.2) is 87.6 Å². The fourth-order valence-corrected chi connectivity index (χ4v) is 3.77. The summed E-state index contributed by atoms with van der Waals surface area (Å²) >= 11 is 0. The molecule has 2 rings (SSSR count).